The summed E-state index contributed by atoms with van der Waals surface area (Å²) in [5.41, 5.74) is 2.12. The van der Waals surface area contributed by atoms with Crippen molar-refractivity contribution < 1.29 is 8.42 Å². The molecule has 5 heteroatoms. The van der Waals surface area contributed by atoms with Crippen molar-refractivity contribution in [2.75, 3.05) is 4.72 Å². The molecule has 0 saturated carbocycles. The molecule has 2 rings (SSSR count). The van der Waals surface area contributed by atoms with Gasteiger partial charge in [-0.3, -0.25) is 4.72 Å². The molecule has 0 heterocycles. The fourth-order valence-corrected chi connectivity index (χ4v) is 3.11. The Kier molecular flexibility index (Phi) is 4.06. The van der Waals surface area contributed by atoms with Crippen molar-refractivity contribution in [3.8, 4) is 6.07 Å². The second-order valence-corrected chi connectivity index (χ2v) is 6.18. The van der Waals surface area contributed by atoms with Gasteiger partial charge in [-0.25, -0.2) is 8.42 Å². The van der Waals surface area contributed by atoms with Gasteiger partial charge in [0.2, 0.25) is 10.0 Å². The van der Waals surface area contributed by atoms with Crippen LogP contribution < -0.4 is 4.72 Å². The second kappa shape index (κ2) is 5.76. The first-order chi connectivity index (χ1) is 9.52. The van der Waals surface area contributed by atoms with Crippen molar-refractivity contribution in [1.29, 1.82) is 5.26 Å². The lowest BCUT2D eigenvalue weighted by molar-refractivity contribution is 0.600. The summed E-state index contributed by atoms with van der Waals surface area (Å²) >= 11 is 0. The predicted molar refractivity (Wildman–Crippen MR) is 78.6 cm³/mol. The average Bonchev–Trinajstić information content (AvgIpc) is 2.39. The Bertz CT molecular complexity index is 747. The van der Waals surface area contributed by atoms with Crippen LogP contribution in [0, 0.1) is 18.3 Å². The number of nitrogens with one attached hydrogen (secondary N) is 1. The maximum absolute atomic E-state index is 12.1. The van der Waals surface area contributed by atoms with Crippen LogP contribution in [0.4, 0.5) is 5.69 Å². The number of hydrogen-bond donors (Lipinski definition) is 1. The summed E-state index contributed by atoms with van der Waals surface area (Å²) in [6.07, 6.45) is 0. The van der Waals surface area contributed by atoms with Crippen molar-refractivity contribution in [1.82, 2.24) is 0 Å². The fourth-order valence-electron chi connectivity index (χ4n) is 1.90. The Hall–Kier alpha value is -2.32. The van der Waals surface area contributed by atoms with Crippen LogP contribution in [0.2, 0.25) is 0 Å². The van der Waals surface area contributed by atoms with E-state index < -0.39 is 10.0 Å². The minimum Gasteiger partial charge on any atom is -0.282 e. The Morgan fingerprint density at radius 3 is 2.45 bits per heavy atom. The molecule has 0 spiro atoms. The molecule has 102 valence electrons. The first-order valence-corrected chi connectivity index (χ1v) is 7.71. The lowest BCUT2D eigenvalue weighted by Gasteiger charge is -2.10. The standard InChI is InChI=1S/C15H14N2O2S/c1-12-6-5-9-15(14(12)10-16)17-20(18,19)11-13-7-3-2-4-8-13/h2-9,17H,11H2,1H3. The zero-order valence-electron chi connectivity index (χ0n) is 11.0. The molecule has 0 saturated heterocycles. The van der Waals surface area contributed by atoms with Gasteiger partial charge in [0.25, 0.3) is 0 Å². The molecular weight excluding hydrogens is 272 g/mol. The topological polar surface area (TPSA) is 70.0 Å². The van der Waals surface area contributed by atoms with Crippen LogP contribution in [0.1, 0.15) is 16.7 Å². The van der Waals surface area contributed by atoms with Crippen LogP contribution in [-0.2, 0) is 15.8 Å². The molecule has 0 radical (unpaired) electrons. The number of sulfonamides is 1. The van der Waals surface area contributed by atoms with E-state index in [1.165, 1.54) is 0 Å². The molecule has 0 aliphatic heterocycles. The maximum atomic E-state index is 12.1. The van der Waals surface area contributed by atoms with Crippen molar-refractivity contribution >= 4 is 15.7 Å². The van der Waals surface area contributed by atoms with Gasteiger partial charge in [0, 0.05) is 0 Å². The van der Waals surface area contributed by atoms with Crippen molar-refractivity contribution in [3.05, 3.63) is 65.2 Å². The van der Waals surface area contributed by atoms with Gasteiger partial charge < -0.3 is 0 Å². The van der Waals surface area contributed by atoms with E-state index in [4.69, 9.17) is 5.26 Å². The molecule has 0 fully saturated rings. The Morgan fingerprint density at radius 1 is 1.10 bits per heavy atom. The molecular formula is C15H14N2O2S. The minimum absolute atomic E-state index is 0.118. The number of hydrogen-bond acceptors (Lipinski definition) is 3. The number of benzene rings is 2. The summed E-state index contributed by atoms with van der Waals surface area (Å²) in [5, 5.41) is 9.10. The summed E-state index contributed by atoms with van der Waals surface area (Å²) in [6, 6.07) is 16.0. The van der Waals surface area contributed by atoms with Crippen molar-refractivity contribution in [2.24, 2.45) is 0 Å². The summed E-state index contributed by atoms with van der Waals surface area (Å²) in [6.45, 7) is 1.77. The van der Waals surface area contributed by atoms with E-state index in [-0.39, 0.29) is 5.75 Å². The molecule has 4 nitrogen and oxygen atoms in total. The van der Waals surface area contributed by atoms with E-state index in [0.29, 0.717) is 16.8 Å². The van der Waals surface area contributed by atoms with Gasteiger partial charge in [-0.15, -0.1) is 0 Å². The summed E-state index contributed by atoms with van der Waals surface area (Å²) < 4.78 is 26.7. The lowest BCUT2D eigenvalue weighted by Crippen LogP contribution is -2.16. The van der Waals surface area contributed by atoms with Gasteiger partial charge in [-0.05, 0) is 24.1 Å². The fraction of sp³-hybridized carbons (Fsp3) is 0.133. The normalized spacial score (nSPS) is 10.8. The van der Waals surface area contributed by atoms with Crippen molar-refractivity contribution in [3.63, 3.8) is 0 Å². The molecule has 0 aromatic heterocycles. The number of aryl methyl sites for hydroxylation is 1. The molecule has 2 aromatic carbocycles. The highest BCUT2D eigenvalue weighted by Gasteiger charge is 2.14. The van der Waals surface area contributed by atoms with Crippen LogP contribution in [-0.4, -0.2) is 8.42 Å². The van der Waals surface area contributed by atoms with Gasteiger partial charge in [0.05, 0.1) is 17.0 Å². The molecule has 0 aliphatic rings. The van der Waals surface area contributed by atoms with Gasteiger partial charge in [0.15, 0.2) is 0 Å². The third kappa shape index (κ3) is 3.37. The summed E-state index contributed by atoms with van der Waals surface area (Å²) in [5.74, 6) is -0.118. The van der Waals surface area contributed by atoms with Crippen LogP contribution in [0.15, 0.2) is 48.5 Å². The molecule has 0 amide bonds. The SMILES string of the molecule is Cc1cccc(NS(=O)(=O)Cc2ccccc2)c1C#N. The predicted octanol–water partition coefficient (Wildman–Crippen LogP) is 2.81. The van der Waals surface area contributed by atoms with Crippen LogP contribution in [0.25, 0.3) is 0 Å². The molecule has 0 unspecified atom stereocenters. The van der Waals surface area contributed by atoms with Gasteiger partial charge >= 0.3 is 0 Å². The molecule has 0 atom stereocenters. The first-order valence-electron chi connectivity index (χ1n) is 6.06. The smallest absolute Gasteiger partial charge is 0.236 e. The molecule has 20 heavy (non-hydrogen) atoms. The van der Waals surface area contributed by atoms with E-state index in [1.807, 2.05) is 12.1 Å². The number of anilines is 1. The number of nitriles is 1. The minimum atomic E-state index is -3.54. The Morgan fingerprint density at radius 2 is 1.80 bits per heavy atom. The quantitative estimate of drug-likeness (QED) is 0.939. The second-order valence-electron chi connectivity index (χ2n) is 4.46. The zero-order valence-corrected chi connectivity index (χ0v) is 11.8. The highest BCUT2D eigenvalue weighted by atomic mass is 32.2. The van der Waals surface area contributed by atoms with E-state index in [9.17, 15) is 8.42 Å². The Balaban J connectivity index is 2.26. The van der Waals surface area contributed by atoms with Crippen LogP contribution >= 0.6 is 0 Å². The van der Waals surface area contributed by atoms with E-state index in [1.54, 1.807) is 49.4 Å². The summed E-state index contributed by atoms with van der Waals surface area (Å²) in [7, 11) is -3.54. The number of rotatable bonds is 4. The maximum Gasteiger partial charge on any atom is 0.236 e. The summed E-state index contributed by atoms with van der Waals surface area (Å²) in [4.78, 5) is 0. The van der Waals surface area contributed by atoms with E-state index in [2.05, 4.69) is 4.72 Å². The molecule has 0 aliphatic carbocycles. The largest absolute Gasteiger partial charge is 0.282 e. The average molecular weight is 286 g/mol. The highest BCUT2D eigenvalue weighted by molar-refractivity contribution is 7.91. The van der Waals surface area contributed by atoms with Crippen LogP contribution in [0.3, 0.4) is 0 Å². The van der Waals surface area contributed by atoms with Gasteiger partial charge in [-0.1, -0.05) is 42.5 Å². The van der Waals surface area contributed by atoms with E-state index >= 15 is 0 Å². The molecule has 2 aromatic rings. The van der Waals surface area contributed by atoms with Gasteiger partial charge in [-0.2, -0.15) is 5.26 Å². The van der Waals surface area contributed by atoms with E-state index in [0.717, 1.165) is 5.56 Å². The third-order valence-corrected chi connectivity index (χ3v) is 4.09. The zero-order chi connectivity index (χ0) is 14.6. The lowest BCUT2D eigenvalue weighted by atomic mass is 10.1. The van der Waals surface area contributed by atoms with Gasteiger partial charge in [0.1, 0.15) is 6.07 Å². The molecule has 1 N–H and O–H groups in total. The molecule has 0 bridgehead atoms. The Labute approximate surface area is 118 Å². The highest BCUT2D eigenvalue weighted by Crippen LogP contribution is 2.20. The van der Waals surface area contributed by atoms with Crippen LogP contribution in [0.5, 0.6) is 0 Å². The monoisotopic (exact) mass is 286 g/mol. The van der Waals surface area contributed by atoms with Crippen molar-refractivity contribution in [2.45, 2.75) is 12.7 Å². The number of nitrogens with zero attached hydrogens (tertiary/aromatic N) is 1. The first kappa shape index (κ1) is 14.1. The third-order valence-electron chi connectivity index (χ3n) is 2.85.